The van der Waals surface area contributed by atoms with Gasteiger partial charge in [0.15, 0.2) is 0 Å². The van der Waals surface area contributed by atoms with Crippen molar-refractivity contribution in [2.45, 2.75) is 79.1 Å². The maximum absolute atomic E-state index is 11.4. The van der Waals surface area contributed by atoms with E-state index in [0.717, 1.165) is 13.1 Å². The highest BCUT2D eigenvalue weighted by molar-refractivity contribution is 5.73. The zero-order valence-corrected chi connectivity index (χ0v) is 15.5. The highest BCUT2D eigenvalue weighted by Crippen LogP contribution is 2.41. The van der Waals surface area contributed by atoms with E-state index in [1.54, 1.807) is 6.92 Å². The molecule has 2 saturated heterocycles. The SMILES string of the molecule is CC.CCCCCCN1CCC2(CC1)CCN(C(C)=O)CC2. The number of rotatable bonds is 5. The maximum Gasteiger partial charge on any atom is 0.219 e. The largest absolute Gasteiger partial charge is 0.343 e. The molecule has 0 aromatic carbocycles. The van der Waals surface area contributed by atoms with Gasteiger partial charge in [-0.15, -0.1) is 0 Å². The fraction of sp³-hybridized carbons (Fsp3) is 0.947. The Balaban J connectivity index is 0.00000116. The number of unbranched alkanes of at least 4 members (excludes halogenated alkanes) is 3. The third-order valence-electron chi connectivity index (χ3n) is 5.51. The van der Waals surface area contributed by atoms with Gasteiger partial charge in [-0.05, 0) is 57.2 Å². The molecule has 0 N–H and O–H groups in total. The van der Waals surface area contributed by atoms with Gasteiger partial charge in [-0.2, -0.15) is 0 Å². The minimum absolute atomic E-state index is 0.258. The van der Waals surface area contributed by atoms with Crippen molar-refractivity contribution >= 4 is 5.91 Å². The van der Waals surface area contributed by atoms with Crippen LogP contribution >= 0.6 is 0 Å². The Labute approximate surface area is 138 Å². The molecule has 3 nitrogen and oxygen atoms in total. The van der Waals surface area contributed by atoms with Gasteiger partial charge in [0.25, 0.3) is 0 Å². The first-order chi connectivity index (χ1) is 10.7. The normalized spacial score (nSPS) is 21.4. The van der Waals surface area contributed by atoms with Crippen LogP contribution in [-0.4, -0.2) is 48.4 Å². The lowest BCUT2D eigenvalue weighted by molar-refractivity contribution is -0.131. The van der Waals surface area contributed by atoms with Gasteiger partial charge in [-0.3, -0.25) is 4.79 Å². The average molecular weight is 311 g/mol. The van der Waals surface area contributed by atoms with Crippen LogP contribution in [-0.2, 0) is 4.79 Å². The maximum atomic E-state index is 11.4. The molecule has 130 valence electrons. The molecule has 2 aliphatic heterocycles. The highest BCUT2D eigenvalue weighted by atomic mass is 16.2. The number of carbonyl (C=O) groups excluding carboxylic acids is 1. The Morgan fingerprint density at radius 3 is 1.95 bits per heavy atom. The summed E-state index contributed by atoms with van der Waals surface area (Å²) in [4.78, 5) is 16.1. The average Bonchev–Trinajstić information content (AvgIpc) is 2.56. The topological polar surface area (TPSA) is 23.6 Å². The fourth-order valence-corrected chi connectivity index (χ4v) is 3.81. The molecule has 0 aromatic rings. The van der Waals surface area contributed by atoms with E-state index < -0.39 is 0 Å². The van der Waals surface area contributed by atoms with E-state index in [4.69, 9.17) is 0 Å². The molecule has 2 rings (SSSR count). The lowest BCUT2D eigenvalue weighted by Gasteiger charge is -2.46. The summed E-state index contributed by atoms with van der Waals surface area (Å²) in [5, 5.41) is 0. The summed E-state index contributed by atoms with van der Waals surface area (Å²) in [6, 6.07) is 0. The summed E-state index contributed by atoms with van der Waals surface area (Å²) in [7, 11) is 0. The van der Waals surface area contributed by atoms with Gasteiger partial charge in [-0.1, -0.05) is 40.0 Å². The molecule has 22 heavy (non-hydrogen) atoms. The summed E-state index contributed by atoms with van der Waals surface area (Å²) >= 11 is 0. The quantitative estimate of drug-likeness (QED) is 0.706. The molecule has 2 aliphatic rings. The van der Waals surface area contributed by atoms with E-state index in [0.29, 0.717) is 5.41 Å². The summed E-state index contributed by atoms with van der Waals surface area (Å²) in [6.45, 7) is 13.8. The lowest BCUT2D eigenvalue weighted by atomic mass is 9.71. The molecular formula is C19H38N2O. The first-order valence-corrected chi connectivity index (χ1v) is 9.63. The van der Waals surface area contributed by atoms with Gasteiger partial charge < -0.3 is 9.80 Å². The van der Waals surface area contributed by atoms with Crippen molar-refractivity contribution in [1.82, 2.24) is 9.80 Å². The van der Waals surface area contributed by atoms with E-state index in [1.807, 2.05) is 18.7 Å². The van der Waals surface area contributed by atoms with Crippen LogP contribution in [0.3, 0.4) is 0 Å². The van der Waals surface area contributed by atoms with Crippen LogP contribution in [0.5, 0.6) is 0 Å². The van der Waals surface area contributed by atoms with Gasteiger partial charge in [0.2, 0.25) is 5.91 Å². The van der Waals surface area contributed by atoms with Crippen LogP contribution in [0.15, 0.2) is 0 Å². The minimum Gasteiger partial charge on any atom is -0.343 e. The van der Waals surface area contributed by atoms with Crippen molar-refractivity contribution in [1.29, 1.82) is 0 Å². The third-order valence-corrected chi connectivity index (χ3v) is 5.51. The molecular weight excluding hydrogens is 272 g/mol. The second-order valence-corrected chi connectivity index (χ2v) is 6.91. The van der Waals surface area contributed by atoms with Gasteiger partial charge in [0.1, 0.15) is 0 Å². The molecule has 1 amide bonds. The predicted octanol–water partition coefficient (Wildman–Crippen LogP) is 4.32. The van der Waals surface area contributed by atoms with Gasteiger partial charge in [0, 0.05) is 20.0 Å². The number of nitrogens with zero attached hydrogens (tertiary/aromatic N) is 2. The lowest BCUT2D eigenvalue weighted by Crippen LogP contribution is -2.47. The smallest absolute Gasteiger partial charge is 0.219 e. The molecule has 0 bridgehead atoms. The molecule has 3 heteroatoms. The summed E-state index contributed by atoms with van der Waals surface area (Å²) in [5.41, 5.74) is 0.561. The van der Waals surface area contributed by atoms with Crippen molar-refractivity contribution in [3.05, 3.63) is 0 Å². The second kappa shape index (κ2) is 10.3. The number of hydrogen-bond acceptors (Lipinski definition) is 2. The number of likely N-dealkylation sites (tertiary alicyclic amines) is 2. The molecule has 1 spiro atoms. The Morgan fingerprint density at radius 1 is 0.909 bits per heavy atom. The van der Waals surface area contributed by atoms with Gasteiger partial charge in [0.05, 0.1) is 0 Å². The molecule has 0 unspecified atom stereocenters. The first kappa shape index (κ1) is 19.5. The number of carbonyl (C=O) groups is 1. The Morgan fingerprint density at radius 2 is 1.45 bits per heavy atom. The van der Waals surface area contributed by atoms with E-state index in [9.17, 15) is 4.79 Å². The van der Waals surface area contributed by atoms with Crippen LogP contribution in [0.25, 0.3) is 0 Å². The van der Waals surface area contributed by atoms with E-state index in [2.05, 4.69) is 11.8 Å². The Kier molecular flexibility index (Phi) is 9.08. The molecule has 0 atom stereocenters. The third kappa shape index (κ3) is 5.91. The van der Waals surface area contributed by atoms with Crippen LogP contribution in [0.1, 0.15) is 79.1 Å². The Bertz CT molecular complexity index is 299. The number of piperidine rings is 2. The van der Waals surface area contributed by atoms with Crippen molar-refractivity contribution < 1.29 is 4.79 Å². The van der Waals surface area contributed by atoms with E-state index in [-0.39, 0.29) is 5.91 Å². The summed E-state index contributed by atoms with van der Waals surface area (Å²) < 4.78 is 0. The standard InChI is InChI=1S/C17H32N2O.C2H6/c1-3-4-5-6-11-18-12-7-17(8-13-18)9-14-19(15-10-17)16(2)20;1-2/h3-15H2,1-2H3;1-2H3. The molecule has 2 fully saturated rings. The van der Waals surface area contributed by atoms with Gasteiger partial charge in [-0.25, -0.2) is 0 Å². The monoisotopic (exact) mass is 310 g/mol. The number of hydrogen-bond donors (Lipinski definition) is 0. The van der Waals surface area contributed by atoms with Crippen molar-refractivity contribution in [3.63, 3.8) is 0 Å². The molecule has 0 aliphatic carbocycles. The molecule has 2 heterocycles. The predicted molar refractivity (Wildman–Crippen MR) is 95.1 cm³/mol. The van der Waals surface area contributed by atoms with Crippen LogP contribution in [0, 0.1) is 5.41 Å². The van der Waals surface area contributed by atoms with Gasteiger partial charge >= 0.3 is 0 Å². The van der Waals surface area contributed by atoms with E-state index >= 15 is 0 Å². The molecule has 0 aromatic heterocycles. The van der Waals surface area contributed by atoms with Crippen molar-refractivity contribution in [2.75, 3.05) is 32.7 Å². The highest BCUT2D eigenvalue weighted by Gasteiger charge is 2.37. The van der Waals surface area contributed by atoms with Crippen molar-refractivity contribution in [3.8, 4) is 0 Å². The molecule has 0 saturated carbocycles. The minimum atomic E-state index is 0.258. The van der Waals surface area contributed by atoms with E-state index in [1.165, 1.54) is 71.0 Å². The second-order valence-electron chi connectivity index (χ2n) is 6.91. The zero-order chi connectivity index (χ0) is 16.4. The summed E-state index contributed by atoms with van der Waals surface area (Å²) in [5.74, 6) is 0.258. The van der Waals surface area contributed by atoms with Crippen LogP contribution in [0.2, 0.25) is 0 Å². The number of amides is 1. The molecule has 0 radical (unpaired) electrons. The fourth-order valence-electron chi connectivity index (χ4n) is 3.81. The zero-order valence-electron chi connectivity index (χ0n) is 15.5. The van der Waals surface area contributed by atoms with Crippen molar-refractivity contribution in [2.24, 2.45) is 5.41 Å². The van der Waals surface area contributed by atoms with Crippen LogP contribution in [0.4, 0.5) is 0 Å². The first-order valence-electron chi connectivity index (χ1n) is 9.63. The summed E-state index contributed by atoms with van der Waals surface area (Å²) in [6.07, 6.45) is 10.7. The van der Waals surface area contributed by atoms with Crippen LogP contribution < -0.4 is 0 Å². The Hall–Kier alpha value is -0.570.